The Morgan fingerprint density at radius 3 is 2.77 bits per heavy atom. The van der Waals surface area contributed by atoms with Crippen molar-refractivity contribution in [2.75, 3.05) is 46.9 Å². The first-order valence-corrected chi connectivity index (χ1v) is 9.90. The number of guanidine groups is 1. The van der Waals surface area contributed by atoms with Crippen molar-refractivity contribution in [3.8, 4) is 0 Å². The zero-order chi connectivity index (χ0) is 20.6. The summed E-state index contributed by atoms with van der Waals surface area (Å²) in [5, 5.41) is 7.68. The van der Waals surface area contributed by atoms with E-state index in [-0.39, 0.29) is 42.5 Å². The number of ether oxygens (including phenoxy) is 1. The number of aromatic nitrogens is 2. The highest BCUT2D eigenvalue weighted by molar-refractivity contribution is 14.0. The predicted molar refractivity (Wildman–Crippen MR) is 128 cm³/mol. The lowest BCUT2D eigenvalue weighted by atomic mass is 10.1. The van der Waals surface area contributed by atoms with Crippen molar-refractivity contribution < 1.29 is 9.53 Å². The Bertz CT molecular complexity index is 824. The second kappa shape index (κ2) is 11.9. The summed E-state index contributed by atoms with van der Waals surface area (Å²) < 4.78 is 7.72. The SMILES string of the molecule is CN(C)C(=O)CN=C(NCCc1ccccc1)N1CCOC(c2cnn(C)c2)C1.I. The fraction of sp³-hybridized carbons (Fsp3) is 0.476. The van der Waals surface area contributed by atoms with Gasteiger partial charge in [0, 0.05) is 46.0 Å². The van der Waals surface area contributed by atoms with Gasteiger partial charge in [-0.2, -0.15) is 5.10 Å². The molecule has 30 heavy (non-hydrogen) atoms. The minimum Gasteiger partial charge on any atom is -0.370 e. The van der Waals surface area contributed by atoms with Gasteiger partial charge in [-0.05, 0) is 12.0 Å². The number of amides is 1. The van der Waals surface area contributed by atoms with E-state index in [1.165, 1.54) is 5.56 Å². The summed E-state index contributed by atoms with van der Waals surface area (Å²) in [6.07, 6.45) is 4.63. The number of benzene rings is 1. The zero-order valence-electron chi connectivity index (χ0n) is 17.8. The quantitative estimate of drug-likeness (QED) is 0.353. The maximum atomic E-state index is 12.1. The Morgan fingerprint density at radius 1 is 1.33 bits per heavy atom. The number of rotatable bonds is 6. The number of aliphatic imine (C=N–C) groups is 1. The molecule has 1 amide bonds. The highest BCUT2D eigenvalue weighted by Crippen LogP contribution is 2.21. The molecular weight excluding hydrogens is 495 g/mol. The molecule has 0 aliphatic carbocycles. The van der Waals surface area contributed by atoms with E-state index < -0.39 is 0 Å². The molecule has 1 aromatic carbocycles. The molecule has 2 heterocycles. The molecule has 1 aliphatic heterocycles. The molecule has 0 saturated carbocycles. The minimum absolute atomic E-state index is 0. The van der Waals surface area contributed by atoms with Crippen molar-refractivity contribution in [3.05, 3.63) is 53.9 Å². The Hall–Kier alpha value is -2.14. The Kier molecular flexibility index (Phi) is 9.57. The molecular formula is C21H31IN6O2. The van der Waals surface area contributed by atoms with Gasteiger partial charge in [-0.15, -0.1) is 24.0 Å². The lowest BCUT2D eigenvalue weighted by molar-refractivity contribution is -0.127. The summed E-state index contributed by atoms with van der Waals surface area (Å²) in [7, 11) is 5.38. The van der Waals surface area contributed by atoms with Crippen LogP contribution in [0.15, 0.2) is 47.7 Å². The van der Waals surface area contributed by atoms with Gasteiger partial charge in [-0.3, -0.25) is 9.48 Å². The molecule has 1 N–H and O–H groups in total. The molecule has 9 heteroatoms. The average molecular weight is 526 g/mol. The molecule has 164 valence electrons. The van der Waals surface area contributed by atoms with E-state index >= 15 is 0 Å². The van der Waals surface area contributed by atoms with Gasteiger partial charge in [0.1, 0.15) is 12.6 Å². The van der Waals surface area contributed by atoms with Crippen molar-refractivity contribution in [2.45, 2.75) is 12.5 Å². The summed E-state index contributed by atoms with van der Waals surface area (Å²) in [4.78, 5) is 20.4. The number of carbonyl (C=O) groups is 1. The maximum Gasteiger partial charge on any atom is 0.243 e. The van der Waals surface area contributed by atoms with Crippen LogP contribution in [-0.4, -0.2) is 78.3 Å². The summed E-state index contributed by atoms with van der Waals surface area (Å²) in [6, 6.07) is 10.3. The lowest BCUT2D eigenvalue weighted by Gasteiger charge is -2.35. The third-order valence-corrected chi connectivity index (χ3v) is 4.87. The van der Waals surface area contributed by atoms with Crippen LogP contribution in [-0.2, 0) is 23.0 Å². The number of carbonyl (C=O) groups excluding carboxylic acids is 1. The molecule has 1 atom stereocenters. The molecule has 3 rings (SSSR count). The van der Waals surface area contributed by atoms with Crippen LogP contribution in [0.1, 0.15) is 17.2 Å². The van der Waals surface area contributed by atoms with Gasteiger partial charge < -0.3 is 19.9 Å². The van der Waals surface area contributed by atoms with Crippen LogP contribution >= 0.6 is 24.0 Å². The monoisotopic (exact) mass is 526 g/mol. The predicted octanol–water partition coefficient (Wildman–Crippen LogP) is 1.69. The van der Waals surface area contributed by atoms with E-state index in [2.05, 4.69) is 32.4 Å². The van der Waals surface area contributed by atoms with Gasteiger partial charge in [0.05, 0.1) is 19.3 Å². The van der Waals surface area contributed by atoms with Crippen LogP contribution in [0.3, 0.4) is 0 Å². The number of hydrogen-bond donors (Lipinski definition) is 1. The molecule has 8 nitrogen and oxygen atoms in total. The van der Waals surface area contributed by atoms with E-state index in [0.29, 0.717) is 13.2 Å². The molecule has 0 bridgehead atoms. The van der Waals surface area contributed by atoms with E-state index in [0.717, 1.165) is 31.0 Å². The molecule has 1 saturated heterocycles. The van der Waals surface area contributed by atoms with Gasteiger partial charge in [0.15, 0.2) is 5.96 Å². The minimum atomic E-state index is -0.0666. The first-order valence-electron chi connectivity index (χ1n) is 9.90. The lowest BCUT2D eigenvalue weighted by Crippen LogP contribution is -2.49. The van der Waals surface area contributed by atoms with Crippen LogP contribution < -0.4 is 5.32 Å². The van der Waals surface area contributed by atoms with E-state index in [1.807, 2.05) is 37.6 Å². The van der Waals surface area contributed by atoms with Crippen LogP contribution in [0, 0.1) is 0 Å². The summed E-state index contributed by atoms with van der Waals surface area (Å²) >= 11 is 0. The van der Waals surface area contributed by atoms with Crippen LogP contribution in [0.2, 0.25) is 0 Å². The first-order chi connectivity index (χ1) is 14.0. The topological polar surface area (TPSA) is 75.0 Å². The van der Waals surface area contributed by atoms with Crippen molar-refractivity contribution in [3.63, 3.8) is 0 Å². The fourth-order valence-electron chi connectivity index (χ4n) is 3.16. The van der Waals surface area contributed by atoms with Crippen molar-refractivity contribution in [1.29, 1.82) is 0 Å². The normalized spacial score (nSPS) is 16.7. The van der Waals surface area contributed by atoms with Crippen LogP contribution in [0.4, 0.5) is 0 Å². The highest BCUT2D eigenvalue weighted by Gasteiger charge is 2.25. The second-order valence-electron chi connectivity index (χ2n) is 7.34. The largest absolute Gasteiger partial charge is 0.370 e. The highest BCUT2D eigenvalue weighted by atomic mass is 127. The summed E-state index contributed by atoms with van der Waals surface area (Å²) in [5.74, 6) is 0.720. The van der Waals surface area contributed by atoms with E-state index in [9.17, 15) is 4.79 Å². The van der Waals surface area contributed by atoms with Gasteiger partial charge >= 0.3 is 0 Å². The molecule has 1 fully saturated rings. The Balaban J connectivity index is 0.00000320. The number of hydrogen-bond acceptors (Lipinski definition) is 4. The second-order valence-corrected chi connectivity index (χ2v) is 7.34. The number of morpholine rings is 1. The van der Waals surface area contributed by atoms with Crippen LogP contribution in [0.25, 0.3) is 0 Å². The van der Waals surface area contributed by atoms with Gasteiger partial charge in [-0.25, -0.2) is 4.99 Å². The van der Waals surface area contributed by atoms with Crippen LogP contribution in [0.5, 0.6) is 0 Å². The van der Waals surface area contributed by atoms with Crippen molar-refractivity contribution in [2.24, 2.45) is 12.0 Å². The maximum absolute atomic E-state index is 12.1. The average Bonchev–Trinajstić information content (AvgIpc) is 3.17. The number of aryl methyl sites for hydroxylation is 1. The fourth-order valence-corrected chi connectivity index (χ4v) is 3.16. The number of nitrogens with one attached hydrogen (secondary N) is 1. The standard InChI is InChI=1S/C21H30N6O2.HI/c1-25(2)20(28)14-23-21(22-10-9-17-7-5-4-6-8-17)27-11-12-29-19(16-27)18-13-24-26(3)15-18;/h4-8,13,15,19H,9-12,14,16H2,1-3H3,(H,22,23);1H. The number of nitrogens with zero attached hydrogens (tertiary/aromatic N) is 5. The number of halogens is 1. The van der Waals surface area contributed by atoms with Gasteiger partial charge in [0.25, 0.3) is 0 Å². The first kappa shape index (κ1) is 24.1. The molecule has 1 aromatic heterocycles. The van der Waals surface area contributed by atoms with Gasteiger partial charge in [0.2, 0.25) is 5.91 Å². The van der Waals surface area contributed by atoms with E-state index in [4.69, 9.17) is 4.74 Å². The summed E-state index contributed by atoms with van der Waals surface area (Å²) in [6.45, 7) is 2.85. The van der Waals surface area contributed by atoms with Crippen molar-refractivity contribution >= 4 is 35.8 Å². The zero-order valence-corrected chi connectivity index (χ0v) is 20.2. The Labute approximate surface area is 195 Å². The molecule has 0 spiro atoms. The number of likely N-dealkylation sites (N-methyl/N-ethyl adjacent to an activating group) is 1. The third kappa shape index (κ3) is 6.98. The molecule has 2 aromatic rings. The summed E-state index contributed by atoms with van der Waals surface area (Å²) in [5.41, 5.74) is 2.31. The third-order valence-electron chi connectivity index (χ3n) is 4.87. The smallest absolute Gasteiger partial charge is 0.243 e. The van der Waals surface area contributed by atoms with Crippen molar-refractivity contribution in [1.82, 2.24) is 24.9 Å². The molecule has 1 aliphatic rings. The Morgan fingerprint density at radius 2 is 2.10 bits per heavy atom. The van der Waals surface area contributed by atoms with E-state index in [1.54, 1.807) is 23.7 Å². The van der Waals surface area contributed by atoms with Gasteiger partial charge in [-0.1, -0.05) is 30.3 Å². The molecule has 1 unspecified atom stereocenters. The molecule has 0 radical (unpaired) electrons.